The number of benzene rings is 1. The number of hydrogen-bond acceptors (Lipinski definition) is 6. The maximum Gasteiger partial charge on any atom is 0.320 e. The number of thiophene rings is 1. The molecule has 0 aliphatic carbocycles. The second kappa shape index (κ2) is 11.2. The van der Waals surface area contributed by atoms with Gasteiger partial charge < -0.3 is 24.8 Å². The molecule has 4 amide bonds. The molecule has 0 saturated carbocycles. The fraction of sp³-hybridized carbons (Fsp3) is 0.500. The Morgan fingerprint density at radius 1 is 1.05 bits per heavy atom. The van der Waals surface area contributed by atoms with E-state index in [0.717, 1.165) is 10.4 Å². The van der Waals surface area contributed by atoms with Crippen molar-refractivity contribution in [3.63, 3.8) is 0 Å². The summed E-state index contributed by atoms with van der Waals surface area (Å²) in [6.07, 6.45) is 1.00. The van der Waals surface area contributed by atoms with Crippen molar-refractivity contribution in [3.8, 4) is 10.4 Å². The van der Waals surface area contributed by atoms with Gasteiger partial charge in [0.25, 0.3) is 5.91 Å². The van der Waals surface area contributed by atoms with E-state index in [1.54, 1.807) is 38.2 Å². The molecule has 0 radical (unpaired) electrons. The first-order chi connectivity index (χ1) is 18.3. The average molecular weight is 539 g/mol. The lowest BCUT2D eigenvalue weighted by molar-refractivity contribution is -0.138. The van der Waals surface area contributed by atoms with Gasteiger partial charge in [-0.3, -0.25) is 14.4 Å². The van der Waals surface area contributed by atoms with E-state index in [9.17, 15) is 19.2 Å². The highest BCUT2D eigenvalue weighted by atomic mass is 32.1. The van der Waals surface area contributed by atoms with Crippen molar-refractivity contribution in [2.45, 2.75) is 44.8 Å². The van der Waals surface area contributed by atoms with Crippen molar-refractivity contribution < 1.29 is 23.9 Å². The number of fused-ring (bicyclic) bond motifs is 1. The van der Waals surface area contributed by atoms with Crippen LogP contribution in [-0.2, 0) is 14.3 Å². The lowest BCUT2D eigenvalue weighted by Crippen LogP contribution is -2.53. The van der Waals surface area contributed by atoms with E-state index in [4.69, 9.17) is 4.74 Å². The molecule has 3 fully saturated rings. The molecule has 202 valence electrons. The summed E-state index contributed by atoms with van der Waals surface area (Å²) in [4.78, 5) is 59.2. The van der Waals surface area contributed by atoms with Crippen LogP contribution in [0.5, 0.6) is 0 Å². The molecule has 10 heteroatoms. The molecule has 5 rings (SSSR count). The predicted octanol–water partition coefficient (Wildman–Crippen LogP) is 2.87. The van der Waals surface area contributed by atoms with E-state index < -0.39 is 12.1 Å². The quantitative estimate of drug-likeness (QED) is 0.610. The second-order valence-corrected chi connectivity index (χ2v) is 11.5. The van der Waals surface area contributed by atoms with Gasteiger partial charge >= 0.3 is 6.03 Å². The van der Waals surface area contributed by atoms with Gasteiger partial charge in [0.15, 0.2) is 5.78 Å². The molecule has 3 aliphatic rings. The Hall–Kier alpha value is -3.24. The van der Waals surface area contributed by atoms with Crippen LogP contribution in [0.1, 0.15) is 37.0 Å². The molecule has 2 aromatic rings. The molecule has 1 N–H and O–H groups in total. The molecule has 9 nitrogen and oxygen atoms in total. The third-order valence-corrected chi connectivity index (χ3v) is 8.42. The van der Waals surface area contributed by atoms with Crippen LogP contribution in [0, 0.1) is 5.92 Å². The molecule has 1 aromatic carbocycles. The molecule has 3 unspecified atom stereocenters. The number of carbonyl (C=O) groups excluding carboxylic acids is 4. The largest absolute Gasteiger partial charge is 0.378 e. The van der Waals surface area contributed by atoms with Gasteiger partial charge in [0, 0.05) is 30.1 Å². The second-order valence-electron chi connectivity index (χ2n) is 10.5. The van der Waals surface area contributed by atoms with E-state index in [1.807, 2.05) is 43.5 Å². The van der Waals surface area contributed by atoms with Gasteiger partial charge in [0.1, 0.15) is 12.1 Å². The van der Waals surface area contributed by atoms with Crippen LogP contribution in [0.2, 0.25) is 0 Å². The fourth-order valence-corrected chi connectivity index (χ4v) is 6.36. The monoisotopic (exact) mass is 538 g/mol. The number of amides is 4. The Morgan fingerprint density at radius 3 is 2.45 bits per heavy atom. The summed E-state index contributed by atoms with van der Waals surface area (Å²) in [6.45, 7) is 6.36. The molecule has 3 saturated heterocycles. The molecule has 0 spiro atoms. The van der Waals surface area contributed by atoms with Crippen LogP contribution < -0.4 is 5.32 Å². The number of likely N-dealkylation sites (tertiary alicyclic amines) is 2. The van der Waals surface area contributed by atoms with Crippen molar-refractivity contribution in [2.24, 2.45) is 5.92 Å². The van der Waals surface area contributed by atoms with Crippen molar-refractivity contribution in [1.29, 1.82) is 0 Å². The zero-order valence-corrected chi connectivity index (χ0v) is 22.6. The molecular formula is C28H34N4O5S. The Kier molecular flexibility index (Phi) is 7.80. The predicted molar refractivity (Wildman–Crippen MR) is 144 cm³/mol. The summed E-state index contributed by atoms with van der Waals surface area (Å²) in [5.74, 6) is -0.549. The number of urea groups is 1. The number of Topliss-reactive ketones (excluding diaryl/α,β-unsaturated/α-hetero) is 1. The van der Waals surface area contributed by atoms with E-state index in [1.165, 1.54) is 0 Å². The molecule has 1 aromatic heterocycles. The summed E-state index contributed by atoms with van der Waals surface area (Å²) in [7, 11) is 0. The van der Waals surface area contributed by atoms with E-state index >= 15 is 0 Å². The highest BCUT2D eigenvalue weighted by Gasteiger charge is 2.53. The van der Waals surface area contributed by atoms with Gasteiger partial charge in [-0.1, -0.05) is 32.0 Å². The Morgan fingerprint density at radius 2 is 1.79 bits per heavy atom. The minimum Gasteiger partial charge on any atom is -0.378 e. The first-order valence-electron chi connectivity index (χ1n) is 13.2. The van der Waals surface area contributed by atoms with Crippen molar-refractivity contribution in [1.82, 2.24) is 20.0 Å². The number of ether oxygens (including phenoxy) is 1. The van der Waals surface area contributed by atoms with E-state index in [0.29, 0.717) is 51.3 Å². The van der Waals surface area contributed by atoms with Crippen molar-refractivity contribution >= 4 is 35.0 Å². The lowest BCUT2D eigenvalue weighted by Gasteiger charge is -2.33. The van der Waals surface area contributed by atoms with Crippen LogP contribution >= 0.6 is 11.3 Å². The summed E-state index contributed by atoms with van der Waals surface area (Å²) < 4.78 is 5.35. The zero-order valence-electron chi connectivity index (χ0n) is 21.8. The lowest BCUT2D eigenvalue weighted by atomic mass is 10.0. The molecule has 0 bridgehead atoms. The van der Waals surface area contributed by atoms with Gasteiger partial charge in [-0.2, -0.15) is 0 Å². The van der Waals surface area contributed by atoms with Crippen LogP contribution in [0.4, 0.5) is 4.79 Å². The smallest absolute Gasteiger partial charge is 0.320 e. The average Bonchev–Trinajstić information content (AvgIpc) is 3.67. The van der Waals surface area contributed by atoms with Crippen LogP contribution in [0.15, 0.2) is 41.8 Å². The van der Waals surface area contributed by atoms with Crippen molar-refractivity contribution in [2.75, 3.05) is 39.4 Å². The van der Waals surface area contributed by atoms with E-state index in [-0.39, 0.29) is 42.1 Å². The van der Waals surface area contributed by atoms with Crippen LogP contribution in [0.25, 0.3) is 10.4 Å². The molecule has 38 heavy (non-hydrogen) atoms. The maximum absolute atomic E-state index is 13.8. The van der Waals surface area contributed by atoms with E-state index in [2.05, 4.69) is 5.32 Å². The Balaban J connectivity index is 1.28. The highest BCUT2D eigenvalue weighted by Crippen LogP contribution is 2.32. The molecule has 3 atom stereocenters. The molecule has 3 aliphatic heterocycles. The number of nitrogens with zero attached hydrogens (tertiary/aromatic N) is 3. The number of rotatable bonds is 6. The third kappa shape index (κ3) is 5.33. The maximum atomic E-state index is 13.8. The first kappa shape index (κ1) is 26.4. The number of morpholine rings is 1. The minimum absolute atomic E-state index is 0.00704. The first-order valence-corrected chi connectivity index (χ1v) is 14.1. The Labute approximate surface area is 226 Å². The summed E-state index contributed by atoms with van der Waals surface area (Å²) in [5, 5.41) is 4.94. The molecular weight excluding hydrogens is 504 g/mol. The zero-order chi connectivity index (χ0) is 26.8. The standard InChI is InChI=1S/C28H34N4O5S/c1-18(2)16-21(29-26(34)20-7-5-19(6-8-20)24-4-3-15-38-24)27(35)31-10-9-22-25(31)23(33)17-32(22)28(36)30-11-13-37-14-12-30/h3-8,15,18,21-22,25H,9-14,16-17H2,1-2H3,(H,29,34). The van der Waals surface area contributed by atoms with Crippen LogP contribution in [-0.4, -0.2) is 95.8 Å². The summed E-state index contributed by atoms with van der Waals surface area (Å²) >= 11 is 1.63. The summed E-state index contributed by atoms with van der Waals surface area (Å²) in [5.41, 5.74) is 1.51. The Bertz CT molecular complexity index is 1180. The van der Waals surface area contributed by atoms with Gasteiger partial charge in [0.05, 0.1) is 25.8 Å². The van der Waals surface area contributed by atoms with Gasteiger partial charge in [-0.05, 0) is 47.9 Å². The number of ketones is 1. The van der Waals surface area contributed by atoms with Crippen LogP contribution in [0.3, 0.4) is 0 Å². The number of carbonyl (C=O) groups is 4. The van der Waals surface area contributed by atoms with Crippen molar-refractivity contribution in [3.05, 3.63) is 47.3 Å². The number of nitrogens with one attached hydrogen (secondary N) is 1. The highest BCUT2D eigenvalue weighted by molar-refractivity contribution is 7.13. The number of hydrogen-bond donors (Lipinski definition) is 1. The third-order valence-electron chi connectivity index (χ3n) is 7.50. The summed E-state index contributed by atoms with van der Waals surface area (Å²) in [6, 6.07) is 9.44. The SMILES string of the molecule is CC(C)CC(NC(=O)c1ccc(-c2cccs2)cc1)C(=O)N1CCC2C1C(=O)CN2C(=O)N1CCOCC1. The van der Waals surface area contributed by atoms with Gasteiger partial charge in [-0.15, -0.1) is 11.3 Å². The topological polar surface area (TPSA) is 99.3 Å². The minimum atomic E-state index is -0.755. The fourth-order valence-electron chi connectivity index (χ4n) is 5.63. The van der Waals surface area contributed by atoms with Gasteiger partial charge in [0.2, 0.25) is 5.91 Å². The van der Waals surface area contributed by atoms with Gasteiger partial charge in [-0.25, -0.2) is 4.79 Å². The normalized spacial score (nSPS) is 22.1. The molecule has 4 heterocycles.